The zero-order valence-electron chi connectivity index (χ0n) is 12.0. The van der Waals surface area contributed by atoms with Crippen LogP contribution in [0, 0.1) is 6.92 Å². The van der Waals surface area contributed by atoms with Crippen LogP contribution in [0.15, 0.2) is 29.1 Å². The molecule has 1 aromatic heterocycles. The number of fused-ring (bicyclic) bond motifs is 1. The lowest BCUT2D eigenvalue weighted by Gasteiger charge is -2.06. The Hall–Kier alpha value is -2.10. The summed E-state index contributed by atoms with van der Waals surface area (Å²) < 4.78 is 0. The largest absolute Gasteiger partial charge is 0.356 e. The number of pyridine rings is 1. The highest BCUT2D eigenvalue weighted by Gasteiger charge is 2.02. The lowest BCUT2D eigenvalue weighted by Crippen LogP contribution is -2.25. The molecule has 0 saturated heterocycles. The van der Waals surface area contributed by atoms with Gasteiger partial charge in [0, 0.05) is 24.0 Å². The van der Waals surface area contributed by atoms with Crippen LogP contribution in [0.4, 0.5) is 0 Å². The van der Waals surface area contributed by atoms with Crippen molar-refractivity contribution in [3.63, 3.8) is 0 Å². The Bertz CT molecular complexity index is 674. The van der Waals surface area contributed by atoms with E-state index < -0.39 is 0 Å². The third-order valence-electron chi connectivity index (χ3n) is 3.31. The Morgan fingerprint density at radius 2 is 2.10 bits per heavy atom. The number of aromatic amines is 1. The standard InChI is InChI=1S/C16H20N2O2/c1-3-4-15(19)17-8-7-12-5-6-14-13(10-12)9-11(2)16(20)18-14/h5-6,9-10H,3-4,7-8H2,1-2H3,(H,17,19)(H,18,20). The summed E-state index contributed by atoms with van der Waals surface area (Å²) in [7, 11) is 0. The number of hydrogen-bond acceptors (Lipinski definition) is 2. The van der Waals surface area contributed by atoms with Crippen molar-refractivity contribution >= 4 is 16.8 Å². The molecule has 2 aromatic rings. The van der Waals surface area contributed by atoms with Crippen molar-refractivity contribution in [1.29, 1.82) is 0 Å². The number of amides is 1. The van der Waals surface area contributed by atoms with Gasteiger partial charge in [0.05, 0.1) is 0 Å². The summed E-state index contributed by atoms with van der Waals surface area (Å²) in [6, 6.07) is 7.86. The highest BCUT2D eigenvalue weighted by molar-refractivity contribution is 5.79. The number of rotatable bonds is 5. The molecule has 4 heteroatoms. The smallest absolute Gasteiger partial charge is 0.251 e. The van der Waals surface area contributed by atoms with Crippen LogP contribution in [0.25, 0.3) is 10.9 Å². The van der Waals surface area contributed by atoms with E-state index in [-0.39, 0.29) is 11.5 Å². The third-order valence-corrected chi connectivity index (χ3v) is 3.31. The maximum atomic E-state index is 11.5. The number of H-pyrrole nitrogens is 1. The fourth-order valence-corrected chi connectivity index (χ4v) is 2.18. The molecule has 20 heavy (non-hydrogen) atoms. The molecular weight excluding hydrogens is 252 g/mol. The van der Waals surface area contributed by atoms with Gasteiger partial charge in [-0.05, 0) is 48.9 Å². The highest BCUT2D eigenvalue weighted by Crippen LogP contribution is 2.13. The molecule has 0 saturated carbocycles. The van der Waals surface area contributed by atoms with Gasteiger partial charge < -0.3 is 10.3 Å². The molecule has 0 unspecified atom stereocenters. The van der Waals surface area contributed by atoms with E-state index in [1.54, 1.807) is 6.92 Å². The second kappa shape index (κ2) is 6.37. The first-order valence-corrected chi connectivity index (χ1v) is 6.99. The number of aryl methyl sites for hydroxylation is 1. The van der Waals surface area contributed by atoms with Gasteiger partial charge in [-0.2, -0.15) is 0 Å². The van der Waals surface area contributed by atoms with Crippen molar-refractivity contribution in [3.8, 4) is 0 Å². The van der Waals surface area contributed by atoms with Crippen LogP contribution in [-0.4, -0.2) is 17.4 Å². The molecule has 0 aliphatic heterocycles. The molecule has 0 radical (unpaired) electrons. The van der Waals surface area contributed by atoms with E-state index >= 15 is 0 Å². The Kier molecular flexibility index (Phi) is 4.56. The third kappa shape index (κ3) is 3.47. The van der Waals surface area contributed by atoms with Gasteiger partial charge in [-0.15, -0.1) is 0 Å². The molecule has 2 N–H and O–H groups in total. The van der Waals surface area contributed by atoms with Crippen LogP contribution < -0.4 is 10.9 Å². The maximum absolute atomic E-state index is 11.5. The molecule has 0 fully saturated rings. The highest BCUT2D eigenvalue weighted by atomic mass is 16.1. The molecule has 0 bridgehead atoms. The fraction of sp³-hybridized carbons (Fsp3) is 0.375. The average Bonchev–Trinajstić information content (AvgIpc) is 2.41. The number of carbonyl (C=O) groups is 1. The predicted octanol–water partition coefficient (Wildman–Crippen LogP) is 2.30. The summed E-state index contributed by atoms with van der Waals surface area (Å²) in [5.41, 5.74) is 2.67. The quantitative estimate of drug-likeness (QED) is 0.877. The van der Waals surface area contributed by atoms with Gasteiger partial charge in [-0.3, -0.25) is 9.59 Å². The van der Waals surface area contributed by atoms with E-state index in [1.807, 2.05) is 25.1 Å². The molecule has 1 aromatic carbocycles. The second-order valence-electron chi connectivity index (χ2n) is 5.05. The first kappa shape index (κ1) is 14.3. The maximum Gasteiger partial charge on any atom is 0.251 e. The summed E-state index contributed by atoms with van der Waals surface area (Å²) in [6.07, 6.45) is 2.25. The molecule has 1 amide bonds. The molecule has 4 nitrogen and oxygen atoms in total. The van der Waals surface area contributed by atoms with Crippen molar-refractivity contribution in [2.24, 2.45) is 0 Å². The SMILES string of the molecule is CCCC(=O)NCCc1ccc2[nH]c(=O)c(C)cc2c1. The molecule has 0 spiro atoms. The first-order valence-electron chi connectivity index (χ1n) is 6.99. The number of benzene rings is 1. The number of nitrogens with one attached hydrogen (secondary N) is 2. The van der Waals surface area contributed by atoms with Gasteiger partial charge in [-0.1, -0.05) is 13.0 Å². The molecule has 2 rings (SSSR count). The van der Waals surface area contributed by atoms with Crippen LogP contribution >= 0.6 is 0 Å². The number of hydrogen-bond donors (Lipinski definition) is 2. The minimum Gasteiger partial charge on any atom is -0.356 e. The Morgan fingerprint density at radius 3 is 2.85 bits per heavy atom. The van der Waals surface area contributed by atoms with Gasteiger partial charge in [0.1, 0.15) is 0 Å². The van der Waals surface area contributed by atoms with Crippen LogP contribution in [0.2, 0.25) is 0 Å². The summed E-state index contributed by atoms with van der Waals surface area (Å²) in [6.45, 7) is 4.44. The zero-order valence-corrected chi connectivity index (χ0v) is 12.0. The van der Waals surface area contributed by atoms with Crippen LogP contribution in [0.3, 0.4) is 0 Å². The van der Waals surface area contributed by atoms with Crippen molar-refractivity contribution in [2.45, 2.75) is 33.1 Å². The van der Waals surface area contributed by atoms with E-state index in [0.717, 1.165) is 29.3 Å². The van der Waals surface area contributed by atoms with E-state index in [9.17, 15) is 9.59 Å². The van der Waals surface area contributed by atoms with Crippen LogP contribution in [0.1, 0.15) is 30.9 Å². The van der Waals surface area contributed by atoms with Crippen LogP contribution in [-0.2, 0) is 11.2 Å². The molecule has 106 valence electrons. The topological polar surface area (TPSA) is 62.0 Å². The minimum atomic E-state index is -0.0444. The van der Waals surface area contributed by atoms with Gasteiger partial charge in [0.15, 0.2) is 0 Å². The average molecular weight is 272 g/mol. The van der Waals surface area contributed by atoms with Gasteiger partial charge in [0.2, 0.25) is 5.91 Å². The summed E-state index contributed by atoms with van der Waals surface area (Å²) in [5.74, 6) is 0.105. The first-order chi connectivity index (χ1) is 9.60. The second-order valence-corrected chi connectivity index (χ2v) is 5.05. The molecule has 0 aliphatic rings. The molecule has 0 aliphatic carbocycles. The van der Waals surface area contributed by atoms with Crippen molar-refractivity contribution in [1.82, 2.24) is 10.3 Å². The van der Waals surface area contributed by atoms with E-state index in [2.05, 4.69) is 16.4 Å². The van der Waals surface area contributed by atoms with Crippen molar-refractivity contribution < 1.29 is 4.79 Å². The van der Waals surface area contributed by atoms with E-state index in [1.165, 1.54) is 0 Å². The van der Waals surface area contributed by atoms with E-state index in [4.69, 9.17) is 0 Å². The minimum absolute atomic E-state index is 0.0444. The summed E-state index contributed by atoms with van der Waals surface area (Å²) >= 11 is 0. The lowest BCUT2D eigenvalue weighted by atomic mass is 10.1. The van der Waals surface area contributed by atoms with E-state index in [0.29, 0.717) is 18.5 Å². The Labute approximate surface area is 118 Å². The van der Waals surface area contributed by atoms with Crippen LogP contribution in [0.5, 0.6) is 0 Å². The normalized spacial score (nSPS) is 10.7. The molecular formula is C16H20N2O2. The fourth-order valence-electron chi connectivity index (χ4n) is 2.18. The van der Waals surface area contributed by atoms with Gasteiger partial charge >= 0.3 is 0 Å². The molecule has 0 atom stereocenters. The van der Waals surface area contributed by atoms with Gasteiger partial charge in [0.25, 0.3) is 5.56 Å². The van der Waals surface area contributed by atoms with Crippen molar-refractivity contribution in [2.75, 3.05) is 6.54 Å². The van der Waals surface area contributed by atoms with Crippen molar-refractivity contribution in [3.05, 3.63) is 45.7 Å². The Morgan fingerprint density at radius 1 is 1.30 bits per heavy atom. The summed E-state index contributed by atoms with van der Waals surface area (Å²) in [4.78, 5) is 25.8. The lowest BCUT2D eigenvalue weighted by molar-refractivity contribution is -0.121. The monoisotopic (exact) mass is 272 g/mol. The zero-order chi connectivity index (χ0) is 14.5. The van der Waals surface area contributed by atoms with Gasteiger partial charge in [-0.25, -0.2) is 0 Å². The predicted molar refractivity (Wildman–Crippen MR) is 80.9 cm³/mol. The molecule has 1 heterocycles. The Balaban J connectivity index is 2.06. The summed E-state index contributed by atoms with van der Waals surface area (Å²) in [5, 5.41) is 3.93. The number of carbonyl (C=O) groups excluding carboxylic acids is 1. The number of aromatic nitrogens is 1.